The minimum atomic E-state index is -3.25. The van der Waals surface area contributed by atoms with Crippen LogP contribution in [0.4, 0.5) is 0 Å². The van der Waals surface area contributed by atoms with Crippen LogP contribution in [0.1, 0.15) is 18.4 Å². The van der Waals surface area contributed by atoms with Gasteiger partial charge in [-0.15, -0.1) is 0 Å². The van der Waals surface area contributed by atoms with Gasteiger partial charge < -0.3 is 4.79 Å². The van der Waals surface area contributed by atoms with Crippen molar-refractivity contribution in [2.45, 2.75) is 17.7 Å². The Bertz CT molecular complexity index is 434. The number of hydrogen-bond acceptors (Lipinski definition) is 3. The van der Waals surface area contributed by atoms with Gasteiger partial charge in [-0.1, -0.05) is 25.1 Å². The molecule has 0 saturated heterocycles. The predicted molar refractivity (Wildman–Crippen MR) is 54.0 cm³/mol. The number of benzene rings is 1. The van der Waals surface area contributed by atoms with Crippen LogP contribution in [0.15, 0.2) is 29.2 Å². The average molecular weight is 212 g/mol. The first-order valence-electron chi connectivity index (χ1n) is 4.21. The zero-order chi connectivity index (χ0) is 10.8. The topological polar surface area (TPSA) is 51.2 Å². The fraction of sp³-hybridized carbons (Fsp3) is 0.300. The molecule has 0 amide bonds. The Morgan fingerprint density at radius 3 is 2.36 bits per heavy atom. The Hall–Kier alpha value is -1.16. The SMILES string of the molecule is CC(C=O)c1ccccc1S(C)(=O)=O. The zero-order valence-electron chi connectivity index (χ0n) is 8.10. The number of sulfone groups is 1. The van der Waals surface area contributed by atoms with Gasteiger partial charge in [0, 0.05) is 12.2 Å². The Balaban J connectivity index is 3.37. The summed E-state index contributed by atoms with van der Waals surface area (Å²) in [5.74, 6) is -0.388. The zero-order valence-corrected chi connectivity index (χ0v) is 8.91. The van der Waals surface area contributed by atoms with Crippen LogP contribution in [0.5, 0.6) is 0 Å². The lowest BCUT2D eigenvalue weighted by molar-refractivity contribution is -0.108. The van der Waals surface area contributed by atoms with Gasteiger partial charge in [-0.3, -0.25) is 0 Å². The first-order chi connectivity index (χ1) is 6.46. The Morgan fingerprint density at radius 2 is 1.86 bits per heavy atom. The van der Waals surface area contributed by atoms with Gasteiger partial charge in [0.2, 0.25) is 0 Å². The molecule has 0 spiro atoms. The summed E-state index contributed by atoms with van der Waals surface area (Å²) >= 11 is 0. The van der Waals surface area contributed by atoms with Crippen LogP contribution in [0, 0.1) is 0 Å². The van der Waals surface area contributed by atoms with Crippen molar-refractivity contribution in [1.82, 2.24) is 0 Å². The molecule has 0 saturated carbocycles. The largest absolute Gasteiger partial charge is 0.303 e. The fourth-order valence-electron chi connectivity index (χ4n) is 1.27. The molecule has 0 fully saturated rings. The van der Waals surface area contributed by atoms with Gasteiger partial charge >= 0.3 is 0 Å². The van der Waals surface area contributed by atoms with Crippen molar-refractivity contribution in [3.63, 3.8) is 0 Å². The minimum Gasteiger partial charge on any atom is -0.303 e. The maximum Gasteiger partial charge on any atom is 0.175 e. The molecule has 4 heteroatoms. The van der Waals surface area contributed by atoms with Crippen molar-refractivity contribution in [3.05, 3.63) is 29.8 Å². The van der Waals surface area contributed by atoms with E-state index in [-0.39, 0.29) is 10.8 Å². The number of hydrogen-bond donors (Lipinski definition) is 0. The smallest absolute Gasteiger partial charge is 0.175 e. The maximum atomic E-state index is 11.4. The van der Waals surface area contributed by atoms with Crippen molar-refractivity contribution in [3.8, 4) is 0 Å². The molecule has 0 heterocycles. The van der Waals surface area contributed by atoms with E-state index in [1.165, 1.54) is 6.07 Å². The molecule has 14 heavy (non-hydrogen) atoms. The van der Waals surface area contributed by atoms with E-state index in [1.807, 2.05) is 0 Å². The molecular formula is C10H12O3S. The predicted octanol–water partition coefficient (Wildman–Crippen LogP) is 1.39. The van der Waals surface area contributed by atoms with E-state index in [0.29, 0.717) is 5.56 Å². The minimum absolute atomic E-state index is 0.236. The van der Waals surface area contributed by atoms with E-state index in [1.54, 1.807) is 25.1 Å². The van der Waals surface area contributed by atoms with Crippen molar-refractivity contribution in [2.75, 3.05) is 6.26 Å². The van der Waals surface area contributed by atoms with Crippen molar-refractivity contribution < 1.29 is 13.2 Å². The van der Waals surface area contributed by atoms with E-state index in [0.717, 1.165) is 12.5 Å². The quantitative estimate of drug-likeness (QED) is 0.711. The molecule has 1 unspecified atom stereocenters. The van der Waals surface area contributed by atoms with Crippen LogP contribution in [0.25, 0.3) is 0 Å². The molecule has 0 bridgehead atoms. The molecular weight excluding hydrogens is 200 g/mol. The fourth-order valence-corrected chi connectivity index (χ4v) is 2.28. The number of carbonyl (C=O) groups is 1. The Kier molecular flexibility index (Phi) is 3.06. The van der Waals surface area contributed by atoms with Gasteiger partial charge in [-0.05, 0) is 11.6 Å². The van der Waals surface area contributed by atoms with Crippen LogP contribution in [-0.2, 0) is 14.6 Å². The van der Waals surface area contributed by atoms with E-state index in [9.17, 15) is 13.2 Å². The summed E-state index contributed by atoms with van der Waals surface area (Å²) in [4.78, 5) is 10.8. The normalized spacial score (nSPS) is 13.6. The molecule has 1 aromatic carbocycles. The third-order valence-electron chi connectivity index (χ3n) is 2.01. The van der Waals surface area contributed by atoms with Crippen molar-refractivity contribution >= 4 is 16.1 Å². The molecule has 76 valence electrons. The third kappa shape index (κ3) is 2.20. The standard InChI is InChI=1S/C10H12O3S/c1-8(7-11)9-5-3-4-6-10(9)14(2,12)13/h3-8H,1-2H3. The molecule has 1 rings (SSSR count). The van der Waals surface area contributed by atoms with Gasteiger partial charge in [0.25, 0.3) is 0 Å². The second-order valence-corrected chi connectivity index (χ2v) is 5.22. The monoisotopic (exact) mass is 212 g/mol. The maximum absolute atomic E-state index is 11.4. The summed E-state index contributed by atoms with van der Waals surface area (Å²) in [5, 5.41) is 0. The van der Waals surface area contributed by atoms with Crippen LogP contribution >= 0.6 is 0 Å². The van der Waals surface area contributed by atoms with Gasteiger partial charge in [0.15, 0.2) is 9.84 Å². The molecule has 3 nitrogen and oxygen atoms in total. The van der Waals surface area contributed by atoms with E-state index >= 15 is 0 Å². The lowest BCUT2D eigenvalue weighted by Gasteiger charge is -2.09. The van der Waals surface area contributed by atoms with Crippen molar-refractivity contribution in [2.24, 2.45) is 0 Å². The number of aldehydes is 1. The van der Waals surface area contributed by atoms with E-state index in [4.69, 9.17) is 0 Å². The van der Waals surface area contributed by atoms with Crippen LogP contribution in [0.2, 0.25) is 0 Å². The summed E-state index contributed by atoms with van der Waals surface area (Å²) in [6.45, 7) is 1.68. The third-order valence-corrected chi connectivity index (χ3v) is 3.18. The lowest BCUT2D eigenvalue weighted by Crippen LogP contribution is -2.05. The highest BCUT2D eigenvalue weighted by molar-refractivity contribution is 7.90. The second kappa shape index (κ2) is 3.92. The summed E-state index contributed by atoms with van der Waals surface area (Å²) in [7, 11) is -3.25. The number of carbonyl (C=O) groups excluding carboxylic acids is 1. The summed E-state index contributed by atoms with van der Waals surface area (Å²) in [5.41, 5.74) is 0.560. The highest BCUT2D eigenvalue weighted by Gasteiger charge is 2.16. The summed E-state index contributed by atoms with van der Waals surface area (Å²) in [6.07, 6.45) is 1.88. The van der Waals surface area contributed by atoms with Gasteiger partial charge in [-0.25, -0.2) is 8.42 Å². The first kappa shape index (κ1) is 10.9. The average Bonchev–Trinajstić information content (AvgIpc) is 2.15. The van der Waals surface area contributed by atoms with E-state index in [2.05, 4.69) is 0 Å². The van der Waals surface area contributed by atoms with Gasteiger partial charge in [-0.2, -0.15) is 0 Å². The summed E-state index contributed by atoms with van der Waals surface area (Å²) < 4.78 is 22.7. The molecule has 0 radical (unpaired) electrons. The van der Waals surface area contributed by atoms with Crippen LogP contribution < -0.4 is 0 Å². The van der Waals surface area contributed by atoms with Crippen LogP contribution in [0.3, 0.4) is 0 Å². The molecule has 0 N–H and O–H groups in total. The van der Waals surface area contributed by atoms with Gasteiger partial charge in [0.05, 0.1) is 4.90 Å². The highest BCUT2D eigenvalue weighted by Crippen LogP contribution is 2.22. The van der Waals surface area contributed by atoms with E-state index < -0.39 is 9.84 Å². The lowest BCUT2D eigenvalue weighted by atomic mass is 10.0. The van der Waals surface area contributed by atoms with Crippen LogP contribution in [-0.4, -0.2) is 21.0 Å². The molecule has 1 atom stereocenters. The molecule has 0 aliphatic rings. The van der Waals surface area contributed by atoms with Gasteiger partial charge in [0.1, 0.15) is 6.29 Å². The number of rotatable bonds is 3. The first-order valence-corrected chi connectivity index (χ1v) is 6.10. The molecule has 0 aliphatic heterocycles. The highest BCUT2D eigenvalue weighted by atomic mass is 32.2. The Morgan fingerprint density at radius 1 is 1.29 bits per heavy atom. The second-order valence-electron chi connectivity index (χ2n) is 3.23. The Labute approximate surface area is 83.7 Å². The molecule has 1 aromatic rings. The molecule has 0 aliphatic carbocycles. The summed E-state index contributed by atoms with van der Waals surface area (Å²) in [6, 6.07) is 6.56. The van der Waals surface area contributed by atoms with Crippen molar-refractivity contribution in [1.29, 1.82) is 0 Å². The molecule has 0 aromatic heterocycles.